The van der Waals surface area contributed by atoms with Crippen molar-refractivity contribution < 1.29 is 9.53 Å². The van der Waals surface area contributed by atoms with Gasteiger partial charge in [0.2, 0.25) is 5.91 Å². The van der Waals surface area contributed by atoms with Crippen molar-refractivity contribution in [3.8, 4) is 0 Å². The fraction of sp³-hybridized carbons (Fsp3) is 0.923. The van der Waals surface area contributed by atoms with Crippen molar-refractivity contribution in [3.63, 3.8) is 0 Å². The number of rotatable bonds is 3. The van der Waals surface area contributed by atoms with E-state index in [0.29, 0.717) is 17.9 Å². The first-order valence-corrected chi connectivity index (χ1v) is 7.82. The molecule has 0 aromatic rings. The summed E-state index contributed by atoms with van der Waals surface area (Å²) in [5.74, 6) is 1.05. The number of alkyl halides is 1. The number of halogens is 1. The molecule has 0 bridgehead atoms. The van der Waals surface area contributed by atoms with Crippen molar-refractivity contribution in [1.29, 1.82) is 0 Å². The predicted octanol–water partition coefficient (Wildman–Crippen LogP) is 2.48. The van der Waals surface area contributed by atoms with Crippen LogP contribution in [0, 0.1) is 11.8 Å². The van der Waals surface area contributed by atoms with Crippen LogP contribution in [0.1, 0.15) is 39.0 Å². The first-order valence-electron chi connectivity index (χ1n) is 6.70. The zero-order valence-electron chi connectivity index (χ0n) is 10.5. The van der Waals surface area contributed by atoms with Crippen LogP contribution in [-0.4, -0.2) is 30.0 Å². The van der Waals surface area contributed by atoms with Crippen LogP contribution in [0.2, 0.25) is 0 Å². The molecule has 2 rings (SSSR count). The fourth-order valence-corrected chi connectivity index (χ4v) is 3.65. The van der Waals surface area contributed by atoms with Gasteiger partial charge in [-0.05, 0) is 31.1 Å². The minimum absolute atomic E-state index is 0.104. The van der Waals surface area contributed by atoms with Gasteiger partial charge in [-0.3, -0.25) is 4.79 Å². The van der Waals surface area contributed by atoms with E-state index in [2.05, 4.69) is 28.2 Å². The lowest BCUT2D eigenvalue weighted by Gasteiger charge is -2.32. The summed E-state index contributed by atoms with van der Waals surface area (Å²) in [6.45, 7) is 2.83. The van der Waals surface area contributed by atoms with Crippen molar-refractivity contribution in [3.05, 3.63) is 0 Å². The van der Waals surface area contributed by atoms with E-state index >= 15 is 0 Å². The average molecular weight is 304 g/mol. The maximum Gasteiger partial charge on any atom is 0.249 e. The summed E-state index contributed by atoms with van der Waals surface area (Å²) < 4.78 is 5.51. The van der Waals surface area contributed by atoms with E-state index in [1.807, 2.05) is 0 Å². The third kappa shape index (κ3) is 3.22. The monoisotopic (exact) mass is 303 g/mol. The molecule has 17 heavy (non-hydrogen) atoms. The molecule has 4 atom stereocenters. The summed E-state index contributed by atoms with van der Waals surface area (Å²) in [4.78, 5) is 12.1. The van der Waals surface area contributed by atoms with Crippen LogP contribution < -0.4 is 5.32 Å². The summed E-state index contributed by atoms with van der Waals surface area (Å²) in [5.41, 5.74) is 0. The lowest BCUT2D eigenvalue weighted by atomic mass is 9.85. The van der Waals surface area contributed by atoms with Crippen molar-refractivity contribution in [1.82, 2.24) is 5.32 Å². The molecule has 4 heteroatoms. The lowest BCUT2D eigenvalue weighted by molar-refractivity contribution is -0.132. The van der Waals surface area contributed by atoms with Crippen molar-refractivity contribution in [2.45, 2.75) is 51.2 Å². The minimum Gasteiger partial charge on any atom is -0.368 e. The van der Waals surface area contributed by atoms with Crippen LogP contribution in [-0.2, 0) is 9.53 Å². The molecule has 0 spiro atoms. The van der Waals surface area contributed by atoms with Gasteiger partial charge in [0, 0.05) is 18.0 Å². The number of hydrogen-bond acceptors (Lipinski definition) is 2. The van der Waals surface area contributed by atoms with Gasteiger partial charge in [0.1, 0.15) is 6.10 Å². The smallest absolute Gasteiger partial charge is 0.249 e. The second-order valence-corrected chi connectivity index (χ2v) is 6.02. The molecule has 1 aliphatic carbocycles. The van der Waals surface area contributed by atoms with Crippen LogP contribution >= 0.6 is 15.9 Å². The SMILES string of the molecule is CC1CCOC1C(=O)NC1CCCCC1CBr. The zero-order chi connectivity index (χ0) is 12.3. The molecule has 2 aliphatic rings. The number of nitrogens with one attached hydrogen (secondary N) is 1. The molecule has 1 saturated carbocycles. The Bertz CT molecular complexity index is 272. The van der Waals surface area contributed by atoms with Crippen molar-refractivity contribution in [2.75, 3.05) is 11.9 Å². The summed E-state index contributed by atoms with van der Waals surface area (Å²) in [7, 11) is 0. The minimum atomic E-state index is -0.215. The van der Waals surface area contributed by atoms with Gasteiger partial charge in [0.15, 0.2) is 0 Å². The van der Waals surface area contributed by atoms with E-state index in [-0.39, 0.29) is 12.0 Å². The fourth-order valence-electron chi connectivity index (χ4n) is 2.88. The number of ether oxygens (including phenoxy) is 1. The molecule has 1 amide bonds. The highest BCUT2D eigenvalue weighted by molar-refractivity contribution is 9.09. The Morgan fingerprint density at radius 2 is 2.12 bits per heavy atom. The molecule has 0 aromatic carbocycles. The number of hydrogen-bond donors (Lipinski definition) is 1. The van der Waals surface area contributed by atoms with Gasteiger partial charge in [-0.15, -0.1) is 0 Å². The Morgan fingerprint density at radius 1 is 1.35 bits per heavy atom. The Balaban J connectivity index is 1.88. The molecule has 0 aromatic heterocycles. The highest BCUT2D eigenvalue weighted by Crippen LogP contribution is 2.27. The van der Waals surface area contributed by atoms with Gasteiger partial charge < -0.3 is 10.1 Å². The number of amides is 1. The summed E-state index contributed by atoms with van der Waals surface area (Å²) in [6.07, 6.45) is 5.65. The number of carbonyl (C=O) groups is 1. The zero-order valence-corrected chi connectivity index (χ0v) is 12.0. The molecule has 4 unspecified atom stereocenters. The second-order valence-electron chi connectivity index (χ2n) is 5.37. The van der Waals surface area contributed by atoms with Gasteiger partial charge >= 0.3 is 0 Å². The highest BCUT2D eigenvalue weighted by Gasteiger charge is 2.34. The summed E-state index contributed by atoms with van der Waals surface area (Å²) in [6, 6.07) is 0.340. The molecule has 1 N–H and O–H groups in total. The lowest BCUT2D eigenvalue weighted by Crippen LogP contribution is -2.47. The molecule has 1 aliphatic heterocycles. The Labute approximate surface area is 112 Å². The predicted molar refractivity (Wildman–Crippen MR) is 71.2 cm³/mol. The van der Waals surface area contributed by atoms with Crippen LogP contribution in [0.4, 0.5) is 0 Å². The van der Waals surface area contributed by atoms with Gasteiger partial charge in [0.25, 0.3) is 0 Å². The average Bonchev–Trinajstić information content (AvgIpc) is 2.76. The summed E-state index contributed by atoms with van der Waals surface area (Å²) >= 11 is 3.55. The Hall–Kier alpha value is -0.0900. The standard InChI is InChI=1S/C13H22BrNO2/c1-9-6-7-17-12(9)13(16)15-11-5-3-2-4-10(11)8-14/h9-12H,2-8H2,1H3,(H,15,16). The molecule has 98 valence electrons. The molecule has 1 saturated heterocycles. The molecule has 1 heterocycles. The molecule has 2 fully saturated rings. The largest absolute Gasteiger partial charge is 0.368 e. The highest BCUT2D eigenvalue weighted by atomic mass is 79.9. The molecular weight excluding hydrogens is 282 g/mol. The topological polar surface area (TPSA) is 38.3 Å². The van der Waals surface area contributed by atoms with Gasteiger partial charge in [-0.2, -0.15) is 0 Å². The van der Waals surface area contributed by atoms with Crippen molar-refractivity contribution >= 4 is 21.8 Å². The first-order chi connectivity index (χ1) is 8.22. The van der Waals surface area contributed by atoms with E-state index in [1.54, 1.807) is 0 Å². The van der Waals surface area contributed by atoms with Crippen molar-refractivity contribution in [2.24, 2.45) is 11.8 Å². The Kier molecular flexibility index (Phi) is 4.86. The third-order valence-corrected chi connectivity index (χ3v) is 4.91. The molecule has 0 radical (unpaired) electrons. The third-order valence-electron chi connectivity index (χ3n) is 4.08. The van der Waals surface area contributed by atoms with Crippen LogP contribution in [0.5, 0.6) is 0 Å². The van der Waals surface area contributed by atoms with Gasteiger partial charge in [0.05, 0.1) is 0 Å². The maximum absolute atomic E-state index is 12.1. The second kappa shape index (κ2) is 6.19. The van der Waals surface area contributed by atoms with E-state index in [4.69, 9.17) is 4.74 Å². The van der Waals surface area contributed by atoms with E-state index in [0.717, 1.165) is 24.8 Å². The normalized spacial score (nSPS) is 38.0. The van der Waals surface area contributed by atoms with E-state index in [9.17, 15) is 4.79 Å². The number of carbonyl (C=O) groups excluding carboxylic acids is 1. The summed E-state index contributed by atoms with van der Waals surface area (Å²) in [5, 5.41) is 4.18. The quantitative estimate of drug-likeness (QED) is 0.814. The van der Waals surface area contributed by atoms with E-state index in [1.165, 1.54) is 19.3 Å². The van der Waals surface area contributed by atoms with Gasteiger partial charge in [-0.25, -0.2) is 0 Å². The maximum atomic E-state index is 12.1. The first kappa shape index (κ1) is 13.3. The van der Waals surface area contributed by atoms with Crippen LogP contribution in [0.25, 0.3) is 0 Å². The van der Waals surface area contributed by atoms with Gasteiger partial charge in [-0.1, -0.05) is 35.7 Å². The van der Waals surface area contributed by atoms with Crippen LogP contribution in [0.3, 0.4) is 0 Å². The van der Waals surface area contributed by atoms with Crippen LogP contribution in [0.15, 0.2) is 0 Å². The van der Waals surface area contributed by atoms with E-state index < -0.39 is 0 Å². The molecule has 3 nitrogen and oxygen atoms in total. The Morgan fingerprint density at radius 3 is 2.76 bits per heavy atom. The molecular formula is C13H22BrNO2.